The molecule has 0 saturated heterocycles. The van der Waals surface area contributed by atoms with Gasteiger partial charge in [0, 0.05) is 43.4 Å². The zero-order valence-electron chi connectivity index (χ0n) is 18.7. The zero-order chi connectivity index (χ0) is 22.1. The summed E-state index contributed by atoms with van der Waals surface area (Å²) in [7, 11) is 3.81. The number of carbonyl (C=O) groups is 1. The van der Waals surface area contributed by atoms with E-state index in [1.54, 1.807) is 6.20 Å². The summed E-state index contributed by atoms with van der Waals surface area (Å²) in [5.74, 6) is 1.31. The van der Waals surface area contributed by atoms with Gasteiger partial charge < -0.3 is 14.7 Å². The first kappa shape index (κ1) is 21.5. The molecule has 0 aliphatic carbocycles. The second-order valence-corrected chi connectivity index (χ2v) is 8.68. The first-order valence-electron chi connectivity index (χ1n) is 9.93. The van der Waals surface area contributed by atoms with Gasteiger partial charge in [-0.1, -0.05) is 50.2 Å². The monoisotopic (exact) mass is 407 g/mol. The van der Waals surface area contributed by atoms with Crippen molar-refractivity contribution >= 4 is 11.9 Å². The van der Waals surface area contributed by atoms with Gasteiger partial charge in [-0.05, 0) is 19.4 Å². The van der Waals surface area contributed by atoms with Crippen LogP contribution in [-0.2, 0) is 11.3 Å². The molecule has 30 heavy (non-hydrogen) atoms. The van der Waals surface area contributed by atoms with Crippen molar-refractivity contribution in [3.63, 3.8) is 0 Å². The molecule has 0 unspecified atom stereocenters. The van der Waals surface area contributed by atoms with Crippen LogP contribution in [0.25, 0.3) is 22.6 Å². The maximum atomic E-state index is 12.1. The molecule has 2 aromatic heterocycles. The van der Waals surface area contributed by atoms with Crippen molar-refractivity contribution in [1.29, 1.82) is 0 Å². The van der Waals surface area contributed by atoms with E-state index < -0.39 is 5.41 Å². The minimum absolute atomic E-state index is 0.0245. The average molecular weight is 408 g/mol. The summed E-state index contributed by atoms with van der Waals surface area (Å²) in [5, 5.41) is 7.05. The number of carbonyl (C=O) groups excluding carboxylic acids is 1. The number of hydrogen-bond donors (Lipinski definition) is 1. The van der Waals surface area contributed by atoms with E-state index >= 15 is 0 Å². The summed E-state index contributed by atoms with van der Waals surface area (Å²) >= 11 is 0. The smallest absolute Gasteiger partial charge is 0.225 e. The third-order valence-corrected chi connectivity index (χ3v) is 4.94. The number of anilines is 1. The number of rotatable bonds is 5. The number of benzene rings is 1. The fourth-order valence-electron chi connectivity index (χ4n) is 2.87. The van der Waals surface area contributed by atoms with Crippen LogP contribution in [0.4, 0.5) is 5.95 Å². The van der Waals surface area contributed by atoms with Crippen LogP contribution in [0.15, 0.2) is 35.0 Å². The van der Waals surface area contributed by atoms with Crippen LogP contribution in [0.3, 0.4) is 0 Å². The number of hydrogen-bond acceptors (Lipinski definition) is 6. The van der Waals surface area contributed by atoms with Crippen molar-refractivity contribution in [2.45, 2.75) is 41.2 Å². The van der Waals surface area contributed by atoms with E-state index in [9.17, 15) is 4.79 Å². The predicted octanol–water partition coefficient (Wildman–Crippen LogP) is 4.14. The lowest BCUT2D eigenvalue weighted by atomic mass is 9.95. The van der Waals surface area contributed by atoms with Gasteiger partial charge in [0.1, 0.15) is 0 Å². The van der Waals surface area contributed by atoms with Crippen molar-refractivity contribution in [3.8, 4) is 22.6 Å². The second kappa shape index (κ2) is 8.26. The lowest BCUT2D eigenvalue weighted by molar-refractivity contribution is -0.128. The predicted molar refractivity (Wildman–Crippen MR) is 118 cm³/mol. The van der Waals surface area contributed by atoms with Crippen LogP contribution in [0.1, 0.15) is 37.6 Å². The molecule has 7 heteroatoms. The van der Waals surface area contributed by atoms with Crippen molar-refractivity contribution in [3.05, 3.63) is 47.3 Å². The van der Waals surface area contributed by atoms with Crippen molar-refractivity contribution in [2.24, 2.45) is 5.41 Å². The van der Waals surface area contributed by atoms with Crippen LogP contribution in [0.2, 0.25) is 0 Å². The van der Waals surface area contributed by atoms with Gasteiger partial charge in [-0.15, -0.1) is 0 Å². The molecule has 0 atom stereocenters. The van der Waals surface area contributed by atoms with Gasteiger partial charge in [0.15, 0.2) is 5.76 Å². The first-order valence-corrected chi connectivity index (χ1v) is 9.93. The van der Waals surface area contributed by atoms with E-state index in [1.165, 1.54) is 0 Å². The summed E-state index contributed by atoms with van der Waals surface area (Å²) in [6.07, 6.45) is 1.78. The Kier molecular flexibility index (Phi) is 5.92. The Bertz CT molecular complexity index is 1050. The molecule has 158 valence electrons. The molecule has 0 radical (unpaired) electrons. The molecule has 3 rings (SSSR count). The highest BCUT2D eigenvalue weighted by Crippen LogP contribution is 2.34. The highest BCUT2D eigenvalue weighted by Gasteiger charge is 2.21. The molecule has 0 aliphatic rings. The molecule has 2 heterocycles. The Morgan fingerprint density at radius 1 is 1.13 bits per heavy atom. The number of nitrogens with zero attached hydrogens (tertiary/aromatic N) is 4. The molecular formula is C23H29N5O2. The maximum absolute atomic E-state index is 12.1. The number of amides is 1. The third kappa shape index (κ3) is 4.50. The lowest BCUT2D eigenvalue weighted by Gasteiger charge is -2.18. The summed E-state index contributed by atoms with van der Waals surface area (Å²) in [4.78, 5) is 23.2. The van der Waals surface area contributed by atoms with Crippen LogP contribution in [-0.4, -0.2) is 35.1 Å². The first-order chi connectivity index (χ1) is 14.1. The summed E-state index contributed by atoms with van der Waals surface area (Å²) in [6, 6.07) is 8.00. The van der Waals surface area contributed by atoms with Crippen LogP contribution < -0.4 is 10.2 Å². The van der Waals surface area contributed by atoms with E-state index in [1.807, 2.05) is 77.9 Å². The third-order valence-electron chi connectivity index (χ3n) is 4.94. The van der Waals surface area contributed by atoms with Gasteiger partial charge in [0.25, 0.3) is 0 Å². The average Bonchev–Trinajstić information content (AvgIpc) is 3.03. The van der Waals surface area contributed by atoms with Gasteiger partial charge in [-0.2, -0.15) is 0 Å². The zero-order valence-corrected chi connectivity index (χ0v) is 18.7. The van der Waals surface area contributed by atoms with Gasteiger partial charge in [-0.3, -0.25) is 4.79 Å². The molecule has 1 aromatic carbocycles. The van der Waals surface area contributed by atoms with E-state index in [4.69, 9.17) is 9.51 Å². The minimum Gasteiger partial charge on any atom is -0.356 e. The number of aryl methyl sites for hydroxylation is 1. The Hall–Kier alpha value is -3.22. The molecule has 0 aliphatic heterocycles. The Morgan fingerprint density at radius 3 is 2.33 bits per heavy atom. The normalized spacial score (nSPS) is 11.4. The second-order valence-electron chi connectivity index (χ2n) is 8.68. The highest BCUT2D eigenvalue weighted by atomic mass is 16.5. The molecular weight excluding hydrogens is 378 g/mol. The largest absolute Gasteiger partial charge is 0.356 e. The quantitative estimate of drug-likeness (QED) is 0.684. The molecule has 1 amide bonds. The minimum atomic E-state index is -0.411. The van der Waals surface area contributed by atoms with Gasteiger partial charge in [0.2, 0.25) is 11.9 Å². The van der Waals surface area contributed by atoms with Crippen molar-refractivity contribution in [1.82, 2.24) is 20.4 Å². The van der Waals surface area contributed by atoms with Gasteiger partial charge in [0.05, 0.1) is 17.0 Å². The summed E-state index contributed by atoms with van der Waals surface area (Å²) in [5.41, 5.74) is 4.94. The summed E-state index contributed by atoms with van der Waals surface area (Å²) < 4.78 is 5.57. The SMILES string of the molecule is Cc1noc(-c2cnc(N(C)C)nc2-c2ccc(CNC(=O)C(C)(C)C)cc2)c1C. The summed E-state index contributed by atoms with van der Waals surface area (Å²) in [6.45, 7) is 10.1. The van der Waals surface area contributed by atoms with E-state index in [0.29, 0.717) is 18.3 Å². The highest BCUT2D eigenvalue weighted by molar-refractivity contribution is 5.81. The van der Waals surface area contributed by atoms with Gasteiger partial charge >= 0.3 is 0 Å². The maximum Gasteiger partial charge on any atom is 0.225 e. The number of nitrogens with one attached hydrogen (secondary N) is 1. The molecule has 3 aromatic rings. The molecule has 0 saturated carbocycles. The fraction of sp³-hybridized carbons (Fsp3) is 0.391. The van der Waals surface area contributed by atoms with Crippen LogP contribution >= 0.6 is 0 Å². The van der Waals surface area contributed by atoms with Crippen molar-refractivity contribution in [2.75, 3.05) is 19.0 Å². The Balaban J connectivity index is 1.95. The Labute approximate surface area is 177 Å². The fourth-order valence-corrected chi connectivity index (χ4v) is 2.87. The lowest BCUT2D eigenvalue weighted by Crippen LogP contribution is -2.34. The van der Waals surface area contributed by atoms with E-state index in [0.717, 1.165) is 33.6 Å². The molecule has 0 bridgehead atoms. The van der Waals surface area contributed by atoms with Crippen LogP contribution in [0, 0.1) is 19.3 Å². The van der Waals surface area contributed by atoms with E-state index in [-0.39, 0.29) is 5.91 Å². The Morgan fingerprint density at radius 2 is 1.80 bits per heavy atom. The molecule has 7 nitrogen and oxygen atoms in total. The van der Waals surface area contributed by atoms with Crippen LogP contribution in [0.5, 0.6) is 0 Å². The van der Waals surface area contributed by atoms with E-state index in [2.05, 4.69) is 15.5 Å². The molecule has 1 N–H and O–H groups in total. The number of aromatic nitrogens is 3. The molecule has 0 spiro atoms. The van der Waals surface area contributed by atoms with Crippen molar-refractivity contribution < 1.29 is 9.32 Å². The topological polar surface area (TPSA) is 84.2 Å². The molecule has 0 fully saturated rings. The van der Waals surface area contributed by atoms with Gasteiger partial charge in [-0.25, -0.2) is 9.97 Å². The standard InChI is InChI=1S/C23H29N5O2/c1-14-15(2)27-30-20(14)18-13-25-22(28(6)7)26-19(18)17-10-8-16(9-11-17)12-24-21(29)23(3,4)5/h8-11,13H,12H2,1-7H3,(H,24,29).